The summed E-state index contributed by atoms with van der Waals surface area (Å²) in [7, 11) is -2.22. The van der Waals surface area contributed by atoms with E-state index in [1.54, 1.807) is 19.9 Å². The van der Waals surface area contributed by atoms with E-state index < -0.39 is 36.6 Å². The second-order valence-electron chi connectivity index (χ2n) is 13.1. The van der Waals surface area contributed by atoms with Crippen LogP contribution < -0.4 is 0 Å². The van der Waals surface area contributed by atoms with E-state index in [1.165, 1.54) is 0 Å². The van der Waals surface area contributed by atoms with Gasteiger partial charge in [-0.2, -0.15) is 0 Å². The summed E-state index contributed by atoms with van der Waals surface area (Å²) in [6.07, 6.45) is 3.52. The molecule has 1 saturated carbocycles. The predicted octanol–water partition coefficient (Wildman–Crippen LogP) is 4.93. The lowest BCUT2D eigenvalue weighted by molar-refractivity contribution is -0.302. The molecule has 3 aliphatic rings. The Morgan fingerprint density at radius 3 is 2.28 bits per heavy atom. The molecule has 2 fully saturated rings. The van der Waals surface area contributed by atoms with E-state index in [0.717, 1.165) is 18.4 Å². The lowest BCUT2D eigenvalue weighted by atomic mass is 9.44. The number of hydrogen-bond acceptors (Lipinski definition) is 5. The fourth-order valence-corrected chi connectivity index (χ4v) is 7.57. The van der Waals surface area contributed by atoms with Crippen LogP contribution in [0.3, 0.4) is 0 Å². The van der Waals surface area contributed by atoms with Gasteiger partial charge in [-0.1, -0.05) is 59.3 Å². The first-order valence-electron chi connectivity index (χ1n) is 11.9. The van der Waals surface area contributed by atoms with Crippen LogP contribution in [0.25, 0.3) is 0 Å². The molecular formula is C26H44O5Si. The molecule has 0 unspecified atom stereocenters. The Morgan fingerprint density at radius 2 is 1.78 bits per heavy atom. The Bertz CT molecular complexity index is 855. The Balaban J connectivity index is 2.27. The second kappa shape index (κ2) is 7.11. The normalized spacial score (nSPS) is 44.4. The van der Waals surface area contributed by atoms with E-state index in [2.05, 4.69) is 54.3 Å². The summed E-state index contributed by atoms with van der Waals surface area (Å²) in [6, 6.07) is 0. The third-order valence-electron chi connectivity index (χ3n) is 9.36. The van der Waals surface area contributed by atoms with Crippen LogP contribution in [0.1, 0.15) is 74.7 Å². The van der Waals surface area contributed by atoms with E-state index in [9.17, 15) is 15.0 Å². The number of fused-ring (bicyclic) bond motifs is 3. The van der Waals surface area contributed by atoms with Gasteiger partial charge in [-0.3, -0.25) is 4.79 Å². The van der Waals surface area contributed by atoms with Crippen LogP contribution in [0.4, 0.5) is 0 Å². The van der Waals surface area contributed by atoms with Crippen LogP contribution in [0.5, 0.6) is 0 Å². The van der Waals surface area contributed by atoms with Crippen molar-refractivity contribution in [1.29, 1.82) is 0 Å². The number of Topliss-reactive ketones (excluding diaryl/α,β-unsaturated/α-hetero) is 1. The highest BCUT2D eigenvalue weighted by molar-refractivity contribution is 6.74. The van der Waals surface area contributed by atoms with E-state index in [1.807, 2.05) is 13.0 Å². The third kappa shape index (κ3) is 3.20. The summed E-state index contributed by atoms with van der Waals surface area (Å²) in [5.41, 5.74) is -4.84. The molecule has 32 heavy (non-hydrogen) atoms. The van der Waals surface area contributed by atoms with E-state index in [0.29, 0.717) is 0 Å². The zero-order valence-corrected chi connectivity index (χ0v) is 22.8. The number of ether oxygens (including phenoxy) is 1. The van der Waals surface area contributed by atoms with Crippen molar-refractivity contribution in [2.75, 3.05) is 0 Å². The number of carbonyl (C=O) groups excluding carboxylic acids is 1. The molecule has 0 spiro atoms. The molecule has 3 rings (SSSR count). The van der Waals surface area contributed by atoms with Crippen molar-refractivity contribution in [1.82, 2.24) is 0 Å². The van der Waals surface area contributed by atoms with Crippen molar-refractivity contribution in [3.8, 4) is 0 Å². The first kappa shape index (κ1) is 25.8. The monoisotopic (exact) mass is 464 g/mol. The lowest BCUT2D eigenvalue weighted by Crippen LogP contribution is -2.81. The zero-order valence-electron chi connectivity index (χ0n) is 21.8. The van der Waals surface area contributed by atoms with Gasteiger partial charge < -0.3 is 19.4 Å². The van der Waals surface area contributed by atoms with Crippen LogP contribution in [-0.4, -0.2) is 53.3 Å². The van der Waals surface area contributed by atoms with Crippen molar-refractivity contribution in [3.63, 3.8) is 0 Å². The van der Waals surface area contributed by atoms with E-state index >= 15 is 0 Å². The fraction of sp³-hybridized carbons (Fsp3) is 0.808. The number of rotatable bonds is 3. The molecule has 0 aromatic carbocycles. The SMILES string of the molecule is C=C[C@@]1(C)CC(=O)[C@@]2(O)[C@](C)(O1)[C@@H](O)C=C1C(C)(C)CC[C@H](O[Si](C)(C)C(C)(C)C)[C@@]12C. The number of hydrogen-bond donors (Lipinski definition) is 2. The molecule has 0 amide bonds. The molecule has 0 aromatic heterocycles. The number of aliphatic hydroxyl groups excluding tert-OH is 1. The Kier molecular flexibility index (Phi) is 5.74. The summed E-state index contributed by atoms with van der Waals surface area (Å²) in [6.45, 7) is 24.5. The molecular weight excluding hydrogens is 420 g/mol. The van der Waals surface area contributed by atoms with Gasteiger partial charge in [-0.15, -0.1) is 6.58 Å². The average molecular weight is 465 g/mol. The molecule has 1 heterocycles. The molecule has 1 aliphatic heterocycles. The van der Waals surface area contributed by atoms with Gasteiger partial charge in [0.25, 0.3) is 0 Å². The Morgan fingerprint density at radius 1 is 1.22 bits per heavy atom. The van der Waals surface area contributed by atoms with Crippen LogP contribution >= 0.6 is 0 Å². The van der Waals surface area contributed by atoms with Gasteiger partial charge in [0.05, 0.1) is 17.1 Å². The van der Waals surface area contributed by atoms with E-state index in [4.69, 9.17) is 9.16 Å². The van der Waals surface area contributed by atoms with Crippen molar-refractivity contribution >= 4 is 14.1 Å². The minimum atomic E-state index is -2.22. The van der Waals surface area contributed by atoms with Crippen LogP contribution in [0.15, 0.2) is 24.3 Å². The molecule has 0 bridgehead atoms. The molecule has 2 N–H and O–H groups in total. The molecule has 5 nitrogen and oxygen atoms in total. The lowest BCUT2D eigenvalue weighted by Gasteiger charge is -2.67. The summed E-state index contributed by atoms with van der Waals surface area (Å²) in [5.74, 6) is -0.317. The van der Waals surface area contributed by atoms with Crippen LogP contribution in [0, 0.1) is 10.8 Å². The molecule has 6 atom stereocenters. The molecule has 1 saturated heterocycles. The minimum Gasteiger partial charge on any atom is -0.413 e. The maximum Gasteiger partial charge on any atom is 0.192 e. The summed E-state index contributed by atoms with van der Waals surface area (Å²) in [4.78, 5) is 13.9. The molecule has 0 radical (unpaired) electrons. The zero-order chi connectivity index (χ0) is 24.8. The minimum absolute atomic E-state index is 0.00538. The maximum atomic E-state index is 13.9. The Labute approximate surface area is 195 Å². The summed E-state index contributed by atoms with van der Waals surface area (Å²) in [5, 5.41) is 23.8. The highest BCUT2D eigenvalue weighted by Gasteiger charge is 2.76. The van der Waals surface area contributed by atoms with Crippen molar-refractivity contribution < 1.29 is 24.2 Å². The highest BCUT2D eigenvalue weighted by Crippen LogP contribution is 2.65. The van der Waals surface area contributed by atoms with Crippen molar-refractivity contribution in [2.24, 2.45) is 10.8 Å². The molecule has 0 aromatic rings. The topological polar surface area (TPSA) is 76.0 Å². The largest absolute Gasteiger partial charge is 0.413 e. The maximum absolute atomic E-state index is 13.9. The van der Waals surface area contributed by atoms with Gasteiger partial charge in [0.1, 0.15) is 11.7 Å². The van der Waals surface area contributed by atoms with Gasteiger partial charge >= 0.3 is 0 Å². The van der Waals surface area contributed by atoms with Gasteiger partial charge in [0.15, 0.2) is 19.7 Å². The van der Waals surface area contributed by atoms with Crippen LogP contribution in [0.2, 0.25) is 18.1 Å². The number of ketones is 1. The summed E-state index contributed by atoms with van der Waals surface area (Å²) < 4.78 is 13.4. The van der Waals surface area contributed by atoms with Gasteiger partial charge in [-0.25, -0.2) is 0 Å². The number of aliphatic hydroxyl groups is 2. The third-order valence-corrected chi connectivity index (χ3v) is 13.8. The second-order valence-corrected chi connectivity index (χ2v) is 17.8. The fourth-order valence-electron chi connectivity index (χ4n) is 6.16. The van der Waals surface area contributed by atoms with Crippen molar-refractivity contribution in [3.05, 3.63) is 24.3 Å². The molecule has 6 heteroatoms. The average Bonchev–Trinajstić information content (AvgIpc) is 2.63. The smallest absolute Gasteiger partial charge is 0.192 e. The van der Waals surface area contributed by atoms with E-state index in [-0.39, 0.29) is 28.8 Å². The first-order chi connectivity index (χ1) is 14.2. The van der Waals surface area contributed by atoms with Gasteiger partial charge in [-0.05, 0) is 50.2 Å². The van der Waals surface area contributed by atoms with Crippen molar-refractivity contribution in [2.45, 2.75) is 122 Å². The summed E-state index contributed by atoms with van der Waals surface area (Å²) >= 11 is 0. The standard InChI is InChI=1S/C26H44O5Si/c1-12-23(7)16-19(28)26(29)24(8)17(15-18(27)25(26,9)31-23)22(5,6)14-13-20(24)30-32(10,11)21(2,3)4/h12,15,18,20,27,29H,1,13-14,16H2,2-11H3/t18-,20-,23-,24+,25+,26-/m0/s1. The quantitative estimate of drug-likeness (QED) is 0.458. The number of carbonyl (C=O) groups is 1. The first-order valence-corrected chi connectivity index (χ1v) is 14.8. The molecule has 2 aliphatic carbocycles. The molecule has 182 valence electrons. The van der Waals surface area contributed by atoms with Crippen LogP contribution in [-0.2, 0) is 14.0 Å². The van der Waals surface area contributed by atoms with Gasteiger partial charge in [0, 0.05) is 6.42 Å². The Hall–Kier alpha value is -0.793. The highest BCUT2D eigenvalue weighted by atomic mass is 28.4. The van der Waals surface area contributed by atoms with Gasteiger partial charge in [0.2, 0.25) is 0 Å². The predicted molar refractivity (Wildman–Crippen MR) is 130 cm³/mol.